The van der Waals surface area contributed by atoms with E-state index in [0.717, 1.165) is 37.7 Å². The van der Waals surface area contributed by atoms with Gasteiger partial charge in [0.1, 0.15) is 0 Å². The van der Waals surface area contributed by atoms with E-state index in [2.05, 4.69) is 20.4 Å². The minimum absolute atomic E-state index is 0.243. The summed E-state index contributed by atoms with van der Waals surface area (Å²) >= 11 is 0. The number of nitrogens with one attached hydrogen (secondary N) is 1. The summed E-state index contributed by atoms with van der Waals surface area (Å²) in [4.78, 5) is 21.3. The van der Waals surface area contributed by atoms with Gasteiger partial charge in [0.15, 0.2) is 5.82 Å². The summed E-state index contributed by atoms with van der Waals surface area (Å²) in [5.41, 5.74) is 1.12. The van der Waals surface area contributed by atoms with E-state index < -0.39 is 6.09 Å². The Morgan fingerprint density at radius 2 is 1.97 bits per heavy atom. The minimum atomic E-state index is -0.571. The largest absolute Gasteiger partial charge is 0.477 e. The van der Waals surface area contributed by atoms with Gasteiger partial charge in [0, 0.05) is 18.6 Å². The smallest absolute Gasteiger partial charge is 0.414 e. The highest BCUT2D eigenvalue weighted by atomic mass is 16.6. The van der Waals surface area contributed by atoms with Crippen LogP contribution in [0, 0.1) is 18.8 Å². The molecule has 3 fully saturated rings. The fourth-order valence-corrected chi connectivity index (χ4v) is 3.43. The molecule has 0 radical (unpaired) electrons. The predicted molar refractivity (Wildman–Crippen MR) is 103 cm³/mol. The summed E-state index contributed by atoms with van der Waals surface area (Å²) in [6.45, 7) is 2.42. The molecule has 3 aliphatic carbocycles. The van der Waals surface area contributed by atoms with Crippen LogP contribution in [-0.4, -0.2) is 27.8 Å². The molecule has 0 spiro atoms. The average Bonchev–Trinajstić information content (AvgIpc) is 3.56. The van der Waals surface area contributed by atoms with Gasteiger partial charge < -0.3 is 19.3 Å². The van der Waals surface area contributed by atoms with Gasteiger partial charge in [-0.25, -0.2) is 4.79 Å². The van der Waals surface area contributed by atoms with Crippen LogP contribution in [0.1, 0.15) is 74.2 Å². The van der Waals surface area contributed by atoms with Gasteiger partial charge in [-0.05, 0) is 55.9 Å². The van der Waals surface area contributed by atoms with Gasteiger partial charge in [0.25, 0.3) is 0 Å². The Bertz CT molecular complexity index is 887. The molecule has 0 aromatic carbocycles. The van der Waals surface area contributed by atoms with Crippen LogP contribution in [0.15, 0.2) is 16.7 Å². The summed E-state index contributed by atoms with van der Waals surface area (Å²) in [5, 5.41) is 6.83. The molecule has 8 nitrogen and oxygen atoms in total. The minimum Gasteiger partial charge on any atom is -0.477 e. The molecule has 0 unspecified atom stereocenters. The number of hydrogen-bond acceptors (Lipinski definition) is 7. The monoisotopic (exact) mass is 398 g/mol. The highest BCUT2D eigenvalue weighted by Gasteiger charge is 2.31. The van der Waals surface area contributed by atoms with Crippen molar-refractivity contribution in [2.75, 3.05) is 6.61 Å². The van der Waals surface area contributed by atoms with Crippen molar-refractivity contribution in [2.24, 2.45) is 11.8 Å². The number of carbonyl (C=O) groups is 1. The maximum atomic E-state index is 12.5. The molecule has 2 aromatic heterocycles. The Morgan fingerprint density at radius 1 is 1.17 bits per heavy atom. The van der Waals surface area contributed by atoms with Gasteiger partial charge in [-0.1, -0.05) is 18.0 Å². The number of nitrogens with zero attached hydrogens (tertiary/aromatic N) is 3. The van der Waals surface area contributed by atoms with Crippen molar-refractivity contribution in [3.63, 3.8) is 0 Å². The quantitative estimate of drug-likeness (QED) is 0.680. The van der Waals surface area contributed by atoms with E-state index in [1.807, 2.05) is 6.07 Å². The van der Waals surface area contributed by atoms with Crippen molar-refractivity contribution < 1.29 is 18.8 Å². The van der Waals surface area contributed by atoms with Crippen LogP contribution < -0.4 is 14.8 Å². The van der Waals surface area contributed by atoms with Gasteiger partial charge in [0.05, 0.1) is 12.6 Å². The van der Waals surface area contributed by atoms with Crippen LogP contribution in [0.3, 0.4) is 0 Å². The van der Waals surface area contributed by atoms with E-state index >= 15 is 0 Å². The zero-order valence-corrected chi connectivity index (χ0v) is 16.6. The number of aryl methyl sites for hydroxylation is 1. The van der Waals surface area contributed by atoms with Gasteiger partial charge >= 0.3 is 6.09 Å². The average molecular weight is 398 g/mol. The van der Waals surface area contributed by atoms with Crippen LogP contribution in [-0.2, 0) is 0 Å². The molecule has 154 valence electrons. The first-order chi connectivity index (χ1) is 14.1. The Balaban J connectivity index is 1.25. The number of amides is 1. The maximum absolute atomic E-state index is 12.5. The molecule has 0 aliphatic heterocycles. The summed E-state index contributed by atoms with van der Waals surface area (Å²) < 4.78 is 16.5. The number of carbonyl (C=O) groups excluding carboxylic acids is 1. The van der Waals surface area contributed by atoms with Crippen molar-refractivity contribution in [3.8, 4) is 11.8 Å². The zero-order chi connectivity index (χ0) is 19.8. The van der Waals surface area contributed by atoms with E-state index in [9.17, 15) is 4.79 Å². The third-order valence-corrected chi connectivity index (χ3v) is 5.64. The Labute approximate surface area is 169 Å². The standard InChI is InChI=1S/C21H26N4O4/c1-12-22-19(25-29-12)17(10-13-2-3-13)23-21(26)28-18-9-8-16(15-6-7-15)20(24-18)27-11-14-4-5-14/h8-9,13-15,17H,2-7,10-11H2,1H3,(H,23,26)/t17-/m0/s1. The van der Waals surface area contributed by atoms with Crippen molar-refractivity contribution in [1.29, 1.82) is 0 Å². The van der Waals surface area contributed by atoms with Gasteiger partial charge in [-0.3, -0.25) is 0 Å². The third-order valence-electron chi connectivity index (χ3n) is 5.64. The van der Waals surface area contributed by atoms with Gasteiger partial charge in [-0.15, -0.1) is 0 Å². The van der Waals surface area contributed by atoms with Crippen LogP contribution in [0.2, 0.25) is 0 Å². The molecule has 0 saturated heterocycles. The summed E-state index contributed by atoms with van der Waals surface area (Å²) in [5.74, 6) is 3.54. The first-order valence-corrected chi connectivity index (χ1v) is 10.6. The number of hydrogen-bond donors (Lipinski definition) is 1. The predicted octanol–water partition coefficient (Wildman–Crippen LogP) is 4.07. The van der Waals surface area contributed by atoms with E-state index in [1.165, 1.54) is 12.8 Å². The normalized spacial score (nSPS) is 19.6. The molecule has 0 bridgehead atoms. The molecule has 29 heavy (non-hydrogen) atoms. The number of pyridine rings is 1. The Hall–Kier alpha value is -2.64. The topological polar surface area (TPSA) is 99.4 Å². The number of rotatable bonds is 9. The Kier molecular flexibility index (Phi) is 4.85. The molecule has 1 N–H and O–H groups in total. The van der Waals surface area contributed by atoms with E-state index in [4.69, 9.17) is 14.0 Å². The highest BCUT2D eigenvalue weighted by Crippen LogP contribution is 2.44. The van der Waals surface area contributed by atoms with E-state index in [1.54, 1.807) is 13.0 Å². The molecule has 1 atom stereocenters. The number of ether oxygens (including phenoxy) is 2. The van der Waals surface area contributed by atoms with Crippen LogP contribution in [0.5, 0.6) is 11.8 Å². The van der Waals surface area contributed by atoms with E-state index in [0.29, 0.717) is 42.0 Å². The fraction of sp³-hybridized carbons (Fsp3) is 0.619. The van der Waals surface area contributed by atoms with Crippen molar-refractivity contribution in [1.82, 2.24) is 20.4 Å². The molecule has 2 aromatic rings. The van der Waals surface area contributed by atoms with Crippen molar-refractivity contribution in [2.45, 2.75) is 63.8 Å². The zero-order valence-electron chi connectivity index (χ0n) is 16.6. The van der Waals surface area contributed by atoms with Crippen LogP contribution in [0.4, 0.5) is 4.79 Å². The fourth-order valence-electron chi connectivity index (χ4n) is 3.43. The first kappa shape index (κ1) is 18.4. The van der Waals surface area contributed by atoms with Gasteiger partial charge in [0.2, 0.25) is 17.7 Å². The van der Waals surface area contributed by atoms with Crippen molar-refractivity contribution in [3.05, 3.63) is 29.4 Å². The lowest BCUT2D eigenvalue weighted by atomic mass is 10.1. The number of aromatic nitrogens is 3. The van der Waals surface area contributed by atoms with Crippen molar-refractivity contribution >= 4 is 6.09 Å². The second kappa shape index (κ2) is 7.65. The summed E-state index contributed by atoms with van der Waals surface area (Å²) in [6, 6.07) is 3.38. The van der Waals surface area contributed by atoms with Crippen LogP contribution in [0.25, 0.3) is 0 Å². The second-order valence-electron chi connectivity index (χ2n) is 8.51. The second-order valence-corrected chi connectivity index (χ2v) is 8.51. The molecule has 1 amide bonds. The summed E-state index contributed by atoms with van der Waals surface area (Å²) in [6.07, 6.45) is 7.29. The molecule has 8 heteroatoms. The van der Waals surface area contributed by atoms with E-state index in [-0.39, 0.29) is 11.9 Å². The molecular formula is C21H26N4O4. The molecule has 5 rings (SSSR count). The molecule has 3 aliphatic rings. The SMILES string of the molecule is Cc1nc([C@H](CC2CC2)NC(=O)Oc2ccc(C3CC3)c(OCC3CC3)n2)no1. The van der Waals surface area contributed by atoms with Crippen LogP contribution >= 0.6 is 0 Å². The highest BCUT2D eigenvalue weighted by molar-refractivity contribution is 5.70. The lowest BCUT2D eigenvalue weighted by molar-refractivity contribution is 0.191. The Morgan fingerprint density at radius 3 is 2.62 bits per heavy atom. The lowest BCUT2D eigenvalue weighted by Crippen LogP contribution is -2.32. The lowest BCUT2D eigenvalue weighted by Gasteiger charge is -2.15. The molecule has 3 saturated carbocycles. The first-order valence-electron chi connectivity index (χ1n) is 10.6. The molecule has 2 heterocycles. The molecular weight excluding hydrogens is 372 g/mol. The van der Waals surface area contributed by atoms with Gasteiger partial charge in [-0.2, -0.15) is 9.97 Å². The third kappa shape index (κ3) is 4.86. The maximum Gasteiger partial charge on any atom is 0.414 e. The summed E-state index contributed by atoms with van der Waals surface area (Å²) in [7, 11) is 0.